The molecule has 2 heteroatoms. The third-order valence-corrected chi connectivity index (χ3v) is 14.0. The third kappa shape index (κ3) is 7.05. The van der Waals surface area contributed by atoms with E-state index in [0.717, 1.165) is 28.2 Å². The first-order chi connectivity index (χ1) is 32.8. The summed E-state index contributed by atoms with van der Waals surface area (Å²) in [7, 11) is 0. The Morgan fingerprint density at radius 1 is 0.258 bits per heavy atom. The lowest BCUT2D eigenvalue weighted by Gasteiger charge is -2.30. The van der Waals surface area contributed by atoms with E-state index >= 15 is 0 Å². The number of para-hydroxylation sites is 2. The van der Waals surface area contributed by atoms with E-state index in [2.05, 4.69) is 266 Å². The fourth-order valence-corrected chi connectivity index (χ4v) is 11.0. The zero-order valence-electron chi connectivity index (χ0n) is 36.2. The molecule has 0 atom stereocenters. The van der Waals surface area contributed by atoms with Crippen LogP contribution in [0.25, 0.3) is 97.7 Å². The van der Waals surface area contributed by atoms with Crippen molar-refractivity contribution in [3.63, 3.8) is 0 Å². The summed E-state index contributed by atoms with van der Waals surface area (Å²) in [5.74, 6) is 0. The lowest BCUT2D eigenvalue weighted by atomic mass is 9.90. The molecule has 0 saturated carbocycles. The minimum absolute atomic E-state index is 1.08. The van der Waals surface area contributed by atoms with Gasteiger partial charge in [0.2, 0.25) is 0 Å². The zero-order valence-corrected chi connectivity index (χ0v) is 37.0. The van der Waals surface area contributed by atoms with Crippen molar-refractivity contribution in [2.24, 2.45) is 0 Å². The van der Waals surface area contributed by atoms with Crippen LogP contribution in [-0.2, 0) is 0 Å². The molecular weight excluding hydrogens is 815 g/mol. The van der Waals surface area contributed by atoms with E-state index in [9.17, 15) is 0 Å². The average Bonchev–Trinajstić information content (AvgIpc) is 3.79. The second-order valence-electron chi connectivity index (χ2n) is 16.8. The molecule has 0 saturated heterocycles. The maximum Gasteiger partial charge on any atom is 0.0540 e. The highest BCUT2D eigenvalue weighted by atomic mass is 32.1. The number of hydrogen-bond acceptors (Lipinski definition) is 2. The zero-order chi connectivity index (χ0) is 43.8. The fourth-order valence-electron chi connectivity index (χ4n) is 9.88. The molecule has 0 aliphatic heterocycles. The first-order valence-electron chi connectivity index (χ1n) is 22.6. The lowest BCUT2D eigenvalue weighted by molar-refractivity contribution is 1.29. The van der Waals surface area contributed by atoms with Crippen LogP contribution in [0.3, 0.4) is 0 Å². The largest absolute Gasteiger partial charge is 0.309 e. The molecule has 0 amide bonds. The normalized spacial score (nSPS) is 11.3. The molecule has 0 N–H and O–H groups in total. The Labute approximate surface area is 389 Å². The molecule has 12 rings (SSSR count). The minimum atomic E-state index is 1.08. The van der Waals surface area contributed by atoms with Crippen LogP contribution in [0.5, 0.6) is 0 Å². The Morgan fingerprint density at radius 3 is 1.38 bits per heavy atom. The molecule has 0 fully saturated rings. The van der Waals surface area contributed by atoms with Crippen molar-refractivity contribution in [1.29, 1.82) is 0 Å². The molecule has 0 spiro atoms. The molecule has 11 aromatic carbocycles. The van der Waals surface area contributed by atoms with Crippen molar-refractivity contribution in [2.45, 2.75) is 0 Å². The van der Waals surface area contributed by atoms with Crippen LogP contribution in [0, 0.1) is 0 Å². The van der Waals surface area contributed by atoms with Crippen molar-refractivity contribution < 1.29 is 0 Å². The lowest BCUT2D eigenvalue weighted by Crippen LogP contribution is -2.12. The topological polar surface area (TPSA) is 3.24 Å². The van der Waals surface area contributed by atoms with Gasteiger partial charge in [-0.15, -0.1) is 11.3 Å². The van der Waals surface area contributed by atoms with Crippen LogP contribution in [-0.4, -0.2) is 0 Å². The molecule has 0 aliphatic rings. The van der Waals surface area contributed by atoms with Gasteiger partial charge < -0.3 is 4.90 Å². The van der Waals surface area contributed by atoms with Gasteiger partial charge in [-0.2, -0.15) is 0 Å². The van der Waals surface area contributed by atoms with Gasteiger partial charge in [-0.3, -0.25) is 0 Å². The molecule has 0 unspecified atom stereocenters. The predicted molar refractivity (Wildman–Crippen MR) is 284 cm³/mol. The Balaban J connectivity index is 1.07. The smallest absolute Gasteiger partial charge is 0.0540 e. The Kier molecular flexibility index (Phi) is 10.1. The summed E-state index contributed by atoms with van der Waals surface area (Å²) in [6.07, 6.45) is 0. The van der Waals surface area contributed by atoms with Crippen molar-refractivity contribution in [3.05, 3.63) is 261 Å². The molecule has 0 aliphatic carbocycles. The first kappa shape index (κ1) is 39.3. The van der Waals surface area contributed by atoms with E-state index in [1.807, 2.05) is 11.3 Å². The van der Waals surface area contributed by atoms with Gasteiger partial charge in [-0.1, -0.05) is 218 Å². The highest BCUT2D eigenvalue weighted by molar-refractivity contribution is 7.25. The van der Waals surface area contributed by atoms with Gasteiger partial charge in [-0.05, 0) is 109 Å². The van der Waals surface area contributed by atoms with Gasteiger partial charge >= 0.3 is 0 Å². The van der Waals surface area contributed by atoms with Gasteiger partial charge in [0.15, 0.2) is 0 Å². The highest BCUT2D eigenvalue weighted by Crippen LogP contribution is 2.49. The molecule has 66 heavy (non-hydrogen) atoms. The number of anilines is 3. The number of benzene rings is 11. The second kappa shape index (κ2) is 17.0. The summed E-state index contributed by atoms with van der Waals surface area (Å²) in [6, 6.07) is 95.2. The number of fused-ring (bicyclic) bond motifs is 4. The summed E-state index contributed by atoms with van der Waals surface area (Å²) < 4.78 is 2.59. The van der Waals surface area contributed by atoms with E-state index < -0.39 is 0 Å². The van der Waals surface area contributed by atoms with Crippen LogP contribution in [0.15, 0.2) is 261 Å². The van der Waals surface area contributed by atoms with Gasteiger partial charge in [0.1, 0.15) is 0 Å². The van der Waals surface area contributed by atoms with Gasteiger partial charge in [0.25, 0.3) is 0 Å². The van der Waals surface area contributed by atoms with Crippen LogP contribution >= 0.6 is 11.3 Å². The second-order valence-corrected chi connectivity index (χ2v) is 17.8. The van der Waals surface area contributed by atoms with Crippen molar-refractivity contribution >= 4 is 59.3 Å². The molecule has 1 aromatic heterocycles. The molecular formula is C64H43NS. The molecule has 1 heterocycles. The predicted octanol–water partition coefficient (Wildman–Crippen LogP) is 18.7. The summed E-state index contributed by atoms with van der Waals surface area (Å²) >= 11 is 1.86. The average molecular weight is 858 g/mol. The summed E-state index contributed by atoms with van der Waals surface area (Å²) in [4.78, 5) is 2.49. The van der Waals surface area contributed by atoms with Crippen LogP contribution < -0.4 is 4.90 Å². The van der Waals surface area contributed by atoms with Crippen LogP contribution in [0.1, 0.15) is 0 Å². The van der Waals surface area contributed by atoms with Crippen LogP contribution in [0.4, 0.5) is 17.1 Å². The standard InChI is InChI=1S/C64H43NS/c1-4-19-45(20-5-1)51-42-39-49(43-58(51)47-23-8-3-9-24-47)44-37-40-50(41-38-44)65(60-34-14-11-28-54(60)56-32-18-36-62-64(56)57-29-12-15-35-61(57)66-62)59-33-13-10-27-53(59)55-31-17-26-48-25-16-30-52(63(48)55)46-21-6-2-7-22-46/h1-43H. The Morgan fingerprint density at radius 2 is 0.727 bits per heavy atom. The van der Waals surface area contributed by atoms with Gasteiger partial charge in [0.05, 0.1) is 11.4 Å². The van der Waals surface area contributed by atoms with E-state index in [-0.39, 0.29) is 0 Å². The number of thiophene rings is 1. The third-order valence-electron chi connectivity index (χ3n) is 12.9. The van der Waals surface area contributed by atoms with E-state index in [1.165, 1.54) is 86.6 Å². The van der Waals surface area contributed by atoms with Gasteiger partial charge in [0, 0.05) is 37.0 Å². The van der Waals surface area contributed by atoms with E-state index in [1.54, 1.807) is 0 Å². The first-order valence-corrected chi connectivity index (χ1v) is 23.4. The number of rotatable bonds is 9. The van der Waals surface area contributed by atoms with Crippen molar-refractivity contribution in [2.75, 3.05) is 4.90 Å². The molecule has 12 aromatic rings. The minimum Gasteiger partial charge on any atom is -0.309 e. The Hall–Kier alpha value is -8.30. The number of nitrogens with zero attached hydrogens (tertiary/aromatic N) is 1. The Bertz CT molecular complexity index is 3680. The van der Waals surface area contributed by atoms with Crippen molar-refractivity contribution in [3.8, 4) is 66.8 Å². The molecule has 1 nitrogen and oxygen atoms in total. The fraction of sp³-hybridized carbons (Fsp3) is 0. The van der Waals surface area contributed by atoms with E-state index in [4.69, 9.17) is 0 Å². The SMILES string of the molecule is c1ccc(-c2ccc(-c3ccc(N(c4ccccc4-c4cccc5cccc(-c6ccccc6)c45)c4ccccc4-c4cccc5sc6ccccc6c45)cc3)cc2-c2ccccc2)cc1. The molecule has 0 bridgehead atoms. The monoisotopic (exact) mass is 857 g/mol. The molecule has 310 valence electrons. The van der Waals surface area contributed by atoms with E-state index in [0.29, 0.717) is 0 Å². The maximum atomic E-state index is 2.49. The van der Waals surface area contributed by atoms with Crippen molar-refractivity contribution in [1.82, 2.24) is 0 Å². The summed E-state index contributed by atoms with van der Waals surface area (Å²) in [6.45, 7) is 0. The summed E-state index contributed by atoms with van der Waals surface area (Å²) in [5.41, 5.74) is 17.7. The highest BCUT2D eigenvalue weighted by Gasteiger charge is 2.23. The molecule has 0 radical (unpaired) electrons. The summed E-state index contributed by atoms with van der Waals surface area (Å²) in [5, 5.41) is 5.04. The quantitative estimate of drug-likeness (QED) is 0.140. The van der Waals surface area contributed by atoms with Gasteiger partial charge in [-0.25, -0.2) is 0 Å². The van der Waals surface area contributed by atoms with Crippen LogP contribution in [0.2, 0.25) is 0 Å². The maximum absolute atomic E-state index is 2.49. The number of hydrogen-bond donors (Lipinski definition) is 0.